The predicted octanol–water partition coefficient (Wildman–Crippen LogP) is 4.44. The Hall–Kier alpha value is -2.76. The van der Waals surface area contributed by atoms with E-state index in [0.717, 1.165) is 12.1 Å². The molecule has 0 fully saturated rings. The number of rotatable bonds is 1. The number of hydrogen-bond acceptors (Lipinski definition) is 2. The third-order valence-electron chi connectivity index (χ3n) is 3.27. The Morgan fingerprint density at radius 3 is 2.45 bits per heavy atom. The number of halogens is 3. The average Bonchev–Trinajstić information content (AvgIpc) is 2.61. The highest BCUT2D eigenvalue weighted by Crippen LogP contribution is 2.40. The van der Waals surface area contributed by atoms with E-state index in [1.54, 1.807) is 18.2 Å². The molecule has 6 heteroatoms. The highest BCUT2D eigenvalue weighted by atomic mass is 19.4. The third-order valence-corrected chi connectivity index (χ3v) is 3.27. The quantitative estimate of drug-likeness (QED) is 0.847. The lowest BCUT2D eigenvalue weighted by Crippen LogP contribution is -2.05. The van der Waals surface area contributed by atoms with E-state index >= 15 is 0 Å². The topological polar surface area (TPSA) is 46.5 Å². The molecule has 1 aliphatic rings. The van der Waals surface area contributed by atoms with Gasteiger partial charge in [-0.05, 0) is 24.3 Å². The first-order valence-corrected chi connectivity index (χ1v) is 6.30. The monoisotopic (exact) mass is 306 g/mol. The Labute approximate surface area is 123 Å². The van der Waals surface area contributed by atoms with Crippen molar-refractivity contribution in [3.63, 3.8) is 0 Å². The van der Waals surface area contributed by atoms with Crippen LogP contribution in [0.1, 0.15) is 16.7 Å². The van der Waals surface area contributed by atoms with Crippen LogP contribution < -0.4 is 4.74 Å². The van der Waals surface area contributed by atoms with Crippen molar-refractivity contribution in [1.29, 1.82) is 0 Å². The van der Waals surface area contributed by atoms with Gasteiger partial charge in [0.1, 0.15) is 11.5 Å². The number of benzene rings is 2. The van der Waals surface area contributed by atoms with Crippen LogP contribution in [0, 0.1) is 0 Å². The van der Waals surface area contributed by atoms with Crippen LogP contribution >= 0.6 is 0 Å². The van der Waals surface area contributed by atoms with Gasteiger partial charge in [-0.3, -0.25) is 0 Å². The number of carboxylic acid groups (broad SMARTS) is 1. The Morgan fingerprint density at radius 2 is 1.77 bits per heavy atom. The van der Waals surface area contributed by atoms with Gasteiger partial charge >= 0.3 is 12.1 Å². The molecule has 3 rings (SSSR count). The van der Waals surface area contributed by atoms with E-state index in [4.69, 9.17) is 4.74 Å². The summed E-state index contributed by atoms with van der Waals surface area (Å²) in [6, 6.07) is 9.29. The lowest BCUT2D eigenvalue weighted by Gasteiger charge is -2.12. The number of aliphatic carboxylic acids is 1. The van der Waals surface area contributed by atoms with Gasteiger partial charge in [0.15, 0.2) is 0 Å². The number of alkyl halides is 3. The van der Waals surface area contributed by atoms with E-state index in [0.29, 0.717) is 5.56 Å². The van der Waals surface area contributed by atoms with Crippen LogP contribution in [0.4, 0.5) is 13.2 Å². The maximum Gasteiger partial charge on any atom is 0.416 e. The Kier molecular flexibility index (Phi) is 3.16. The maximum absolute atomic E-state index is 12.8. The van der Waals surface area contributed by atoms with Gasteiger partial charge in [-0.1, -0.05) is 24.3 Å². The molecule has 1 heterocycles. The number of carboxylic acids is 1. The first-order valence-electron chi connectivity index (χ1n) is 6.30. The van der Waals surface area contributed by atoms with Gasteiger partial charge in [0.05, 0.1) is 11.1 Å². The van der Waals surface area contributed by atoms with Gasteiger partial charge in [0.2, 0.25) is 0 Å². The predicted molar refractivity (Wildman–Crippen MR) is 73.5 cm³/mol. The molecule has 0 saturated carbocycles. The lowest BCUT2D eigenvalue weighted by molar-refractivity contribution is -0.137. The molecule has 3 nitrogen and oxygen atoms in total. The van der Waals surface area contributed by atoms with E-state index in [9.17, 15) is 23.1 Å². The van der Waals surface area contributed by atoms with Crippen LogP contribution in [0.25, 0.3) is 11.6 Å². The summed E-state index contributed by atoms with van der Waals surface area (Å²) in [6.07, 6.45) is -3.19. The van der Waals surface area contributed by atoms with Crippen LogP contribution in [0.5, 0.6) is 11.5 Å². The van der Waals surface area contributed by atoms with Crippen LogP contribution in [0.2, 0.25) is 0 Å². The number of carbonyl (C=O) groups is 1. The molecule has 0 bridgehead atoms. The zero-order valence-electron chi connectivity index (χ0n) is 11.0. The zero-order chi connectivity index (χ0) is 15.9. The minimum absolute atomic E-state index is 0.0291. The average molecular weight is 306 g/mol. The SMILES string of the molecule is O=C(O)C1=Cc2ccc(C(F)(F)F)cc2Oc2ccccc21. The first-order chi connectivity index (χ1) is 10.4. The van der Waals surface area contributed by atoms with Crippen molar-refractivity contribution < 1.29 is 27.8 Å². The van der Waals surface area contributed by atoms with Crippen LogP contribution in [-0.2, 0) is 11.0 Å². The molecular weight excluding hydrogens is 297 g/mol. The smallest absolute Gasteiger partial charge is 0.416 e. The second-order valence-corrected chi connectivity index (χ2v) is 4.71. The van der Waals surface area contributed by atoms with Crippen LogP contribution in [0.3, 0.4) is 0 Å². The molecule has 22 heavy (non-hydrogen) atoms. The fraction of sp³-hybridized carbons (Fsp3) is 0.0625. The van der Waals surface area contributed by atoms with Crippen LogP contribution in [-0.4, -0.2) is 11.1 Å². The molecular formula is C16H9F3O3. The summed E-state index contributed by atoms with van der Waals surface area (Å²) in [6.45, 7) is 0. The standard InChI is InChI=1S/C16H9F3O3/c17-16(18,19)10-6-5-9-7-12(15(20)21)11-3-1-2-4-13(11)22-14(9)8-10/h1-8H,(H,20,21). The molecule has 0 spiro atoms. The van der Waals surface area contributed by atoms with E-state index < -0.39 is 17.7 Å². The van der Waals surface area contributed by atoms with Gasteiger partial charge in [0.25, 0.3) is 0 Å². The van der Waals surface area contributed by atoms with Crippen molar-refractivity contribution in [2.75, 3.05) is 0 Å². The Balaban J connectivity index is 2.22. The van der Waals surface area contributed by atoms with Gasteiger partial charge in [-0.2, -0.15) is 13.2 Å². The van der Waals surface area contributed by atoms with Gasteiger partial charge in [0, 0.05) is 11.1 Å². The summed E-state index contributed by atoms with van der Waals surface area (Å²) >= 11 is 0. The second kappa shape index (κ2) is 4.91. The Bertz CT molecular complexity index is 791. The number of para-hydroxylation sites is 1. The molecule has 0 unspecified atom stereocenters. The van der Waals surface area contributed by atoms with Crippen LogP contribution in [0.15, 0.2) is 42.5 Å². The third kappa shape index (κ3) is 2.43. The molecule has 0 radical (unpaired) electrons. The Morgan fingerprint density at radius 1 is 1.05 bits per heavy atom. The number of ether oxygens (including phenoxy) is 1. The first kappa shape index (κ1) is 14.2. The van der Waals surface area contributed by atoms with E-state index in [-0.39, 0.29) is 22.6 Å². The zero-order valence-corrected chi connectivity index (χ0v) is 11.0. The fourth-order valence-corrected chi connectivity index (χ4v) is 2.23. The fourth-order valence-electron chi connectivity index (χ4n) is 2.23. The molecule has 1 aliphatic heterocycles. The lowest BCUT2D eigenvalue weighted by atomic mass is 10.0. The molecule has 1 N–H and O–H groups in total. The molecule has 0 aliphatic carbocycles. The van der Waals surface area contributed by atoms with Gasteiger partial charge in [-0.15, -0.1) is 0 Å². The van der Waals surface area contributed by atoms with E-state index in [1.165, 1.54) is 18.2 Å². The number of hydrogen-bond donors (Lipinski definition) is 1. The summed E-state index contributed by atoms with van der Waals surface area (Å²) in [5.74, 6) is -1.00. The second-order valence-electron chi connectivity index (χ2n) is 4.71. The van der Waals surface area contributed by atoms with Crippen molar-refractivity contribution in [2.24, 2.45) is 0 Å². The van der Waals surface area contributed by atoms with Gasteiger partial charge in [-0.25, -0.2) is 4.79 Å². The normalized spacial score (nSPS) is 13.3. The van der Waals surface area contributed by atoms with Crippen molar-refractivity contribution in [2.45, 2.75) is 6.18 Å². The maximum atomic E-state index is 12.8. The van der Waals surface area contributed by atoms with Crippen molar-refractivity contribution in [1.82, 2.24) is 0 Å². The van der Waals surface area contributed by atoms with E-state index in [1.807, 2.05) is 0 Å². The van der Waals surface area contributed by atoms with Crippen molar-refractivity contribution in [3.8, 4) is 11.5 Å². The summed E-state index contributed by atoms with van der Waals surface area (Å²) in [4.78, 5) is 11.4. The van der Waals surface area contributed by atoms with Gasteiger partial charge < -0.3 is 9.84 Å². The molecule has 2 aromatic rings. The highest BCUT2D eigenvalue weighted by molar-refractivity contribution is 6.22. The largest absolute Gasteiger partial charge is 0.478 e. The molecule has 0 amide bonds. The summed E-state index contributed by atoms with van der Waals surface area (Å²) in [5, 5.41) is 9.32. The molecule has 0 saturated heterocycles. The summed E-state index contributed by atoms with van der Waals surface area (Å²) < 4.78 is 43.9. The van der Waals surface area contributed by atoms with Crippen molar-refractivity contribution in [3.05, 3.63) is 59.2 Å². The summed E-state index contributed by atoms with van der Waals surface area (Å²) in [7, 11) is 0. The number of fused-ring (bicyclic) bond motifs is 2. The minimum Gasteiger partial charge on any atom is -0.478 e. The summed E-state index contributed by atoms with van der Waals surface area (Å²) in [5.41, 5.74) is -0.286. The van der Waals surface area contributed by atoms with E-state index in [2.05, 4.69) is 0 Å². The highest BCUT2D eigenvalue weighted by Gasteiger charge is 2.32. The van der Waals surface area contributed by atoms with Crippen molar-refractivity contribution >= 4 is 17.6 Å². The molecule has 112 valence electrons. The molecule has 2 aromatic carbocycles. The minimum atomic E-state index is -4.50. The molecule has 0 atom stereocenters. The molecule has 0 aromatic heterocycles.